The van der Waals surface area contributed by atoms with E-state index < -0.39 is 0 Å². The number of nitrogens with zero attached hydrogens (tertiary/aromatic N) is 2. The first-order valence-electron chi connectivity index (χ1n) is 12.8. The van der Waals surface area contributed by atoms with Crippen LogP contribution in [0.15, 0.2) is 54.6 Å². The van der Waals surface area contributed by atoms with Gasteiger partial charge in [-0.3, -0.25) is 6.79 Å². The molecule has 1 heterocycles. The number of unbranched alkanes of at least 4 members (excludes halogenated alkanes) is 3. The third kappa shape index (κ3) is 16.1. The van der Waals surface area contributed by atoms with Crippen LogP contribution in [0.5, 0.6) is 5.75 Å². The predicted octanol–water partition coefficient (Wildman–Crippen LogP) is 4.63. The normalized spacial score (nSPS) is 13.1. The van der Waals surface area contributed by atoms with Crippen LogP contribution >= 0.6 is 0 Å². The molecule has 0 atom stereocenters. The van der Waals surface area contributed by atoms with Crippen molar-refractivity contribution in [3.05, 3.63) is 71.5 Å². The SMILES string of the molecule is CO.CO.[CH-]=O.[NH-]CCN(CCCCCCN1CCC(c2ccccc2)CC1)Cc1ccccc1O.[Re]. The second kappa shape index (κ2) is 26.0. The minimum Gasteiger partial charge on any atom is -0.676 e. The molecular weight excluding hydrogens is 641 g/mol. The number of carbonyl (C=O) groups excluding carboxylic acids is 1. The Kier molecular flexibility index (Phi) is 26.4. The smallest absolute Gasteiger partial charge is 0.120 e. The number of likely N-dealkylation sites (tertiary alicyclic amines) is 1. The van der Waals surface area contributed by atoms with Crippen molar-refractivity contribution in [2.45, 2.75) is 51.0 Å². The molecule has 8 heteroatoms. The molecule has 1 saturated heterocycles. The summed E-state index contributed by atoms with van der Waals surface area (Å²) in [5, 5.41) is 24.0. The largest absolute Gasteiger partial charge is 0.676 e. The van der Waals surface area contributed by atoms with E-state index in [1.54, 1.807) is 6.07 Å². The maximum absolute atomic E-state index is 10.00. The molecule has 3 rings (SSSR count). The van der Waals surface area contributed by atoms with Crippen LogP contribution in [0, 0.1) is 0 Å². The average Bonchev–Trinajstić information content (AvgIpc) is 2.96. The Morgan fingerprint density at radius 1 is 0.865 bits per heavy atom. The van der Waals surface area contributed by atoms with Crippen molar-refractivity contribution < 1.29 is 40.5 Å². The topological polar surface area (TPSA) is 108 Å². The zero-order chi connectivity index (χ0) is 27.0. The van der Waals surface area contributed by atoms with Crippen molar-refractivity contribution in [2.75, 3.05) is 53.5 Å². The number of benzene rings is 2. The first kappa shape index (κ1) is 37.5. The molecule has 37 heavy (non-hydrogen) atoms. The van der Waals surface area contributed by atoms with Crippen LogP contribution in [0.3, 0.4) is 0 Å². The van der Waals surface area contributed by atoms with Crippen LogP contribution in [0.1, 0.15) is 55.6 Å². The second-order valence-corrected chi connectivity index (χ2v) is 8.60. The van der Waals surface area contributed by atoms with E-state index >= 15 is 0 Å². The number of para-hydroxylation sites is 1. The minimum absolute atomic E-state index is 0. The number of phenols is 1. The van der Waals surface area contributed by atoms with Gasteiger partial charge in [0.2, 0.25) is 0 Å². The van der Waals surface area contributed by atoms with Crippen molar-refractivity contribution in [1.29, 1.82) is 0 Å². The van der Waals surface area contributed by atoms with Crippen molar-refractivity contribution in [3.8, 4) is 5.75 Å². The van der Waals surface area contributed by atoms with Gasteiger partial charge in [-0.2, -0.15) is 0 Å². The van der Waals surface area contributed by atoms with Gasteiger partial charge >= 0.3 is 0 Å². The molecule has 0 saturated carbocycles. The van der Waals surface area contributed by atoms with Crippen LogP contribution in [-0.4, -0.2) is 85.4 Å². The average molecular weight is 688 g/mol. The quantitative estimate of drug-likeness (QED) is 0.171. The molecule has 0 aromatic heterocycles. The molecule has 0 amide bonds. The summed E-state index contributed by atoms with van der Waals surface area (Å²) in [6.07, 6.45) is 7.56. The first-order chi connectivity index (χ1) is 17.8. The van der Waals surface area contributed by atoms with E-state index in [0.29, 0.717) is 12.3 Å². The molecule has 0 aliphatic carbocycles. The molecule has 1 aliphatic heterocycles. The molecule has 1 radical (unpaired) electrons. The molecule has 1 fully saturated rings. The number of rotatable bonds is 12. The Balaban J connectivity index is 0. The summed E-state index contributed by atoms with van der Waals surface area (Å²) >= 11 is 0. The van der Waals surface area contributed by atoms with E-state index in [4.69, 9.17) is 20.7 Å². The van der Waals surface area contributed by atoms with Gasteiger partial charge in [-0.15, -0.1) is 6.54 Å². The zero-order valence-electron chi connectivity index (χ0n) is 22.6. The number of phenolic OH excluding ortho intramolecular Hbond substituents is 1. The van der Waals surface area contributed by atoms with Gasteiger partial charge in [0.15, 0.2) is 0 Å². The maximum atomic E-state index is 10.00. The molecule has 211 valence electrons. The molecule has 7 nitrogen and oxygen atoms in total. The third-order valence-corrected chi connectivity index (χ3v) is 6.37. The number of aliphatic hydroxyl groups excluding tert-OH is 2. The van der Waals surface area contributed by atoms with Crippen LogP contribution in [-0.2, 0) is 31.8 Å². The summed E-state index contributed by atoms with van der Waals surface area (Å²) in [7, 11) is 2.00. The molecule has 4 N–H and O–H groups in total. The standard InChI is InChI=1S/C26H38N3O.2CH4O.CHO.Re/c27-16-21-29(22-25-12-6-7-13-26(25)30)18-9-2-1-8-17-28-19-14-24(15-20-28)23-10-4-3-5-11-23;3*1-2;/h3-7,10-13,24,27,30H,1-2,8-9,14-22H2;2*2H,1H3;1H;/q-1;;;-1;. The van der Waals surface area contributed by atoms with Crippen LogP contribution in [0.25, 0.3) is 5.73 Å². The Bertz CT molecular complexity index is 747. The van der Waals surface area contributed by atoms with Gasteiger partial charge in [-0.05, 0) is 76.0 Å². The van der Waals surface area contributed by atoms with Gasteiger partial charge in [-0.1, -0.05) is 61.4 Å². The molecule has 1 aliphatic rings. The summed E-state index contributed by atoms with van der Waals surface area (Å²) in [6.45, 7) is 9.87. The Morgan fingerprint density at radius 2 is 1.43 bits per heavy atom. The van der Waals surface area contributed by atoms with Crippen LogP contribution in [0.4, 0.5) is 0 Å². The van der Waals surface area contributed by atoms with Gasteiger partial charge < -0.3 is 35.6 Å². The van der Waals surface area contributed by atoms with Crippen LogP contribution < -0.4 is 0 Å². The first-order valence-corrected chi connectivity index (χ1v) is 12.8. The number of aliphatic hydroxyl groups is 2. The summed E-state index contributed by atoms with van der Waals surface area (Å²) in [5.74, 6) is 1.11. The van der Waals surface area contributed by atoms with E-state index in [-0.39, 0.29) is 20.4 Å². The molecular formula is C29H47N3O4Re-2. The molecule has 0 bridgehead atoms. The van der Waals surface area contributed by atoms with Gasteiger partial charge in [-0.25, -0.2) is 0 Å². The van der Waals surface area contributed by atoms with Gasteiger partial charge in [0.25, 0.3) is 0 Å². The van der Waals surface area contributed by atoms with E-state index in [0.717, 1.165) is 45.3 Å². The number of hydrogen-bond acceptors (Lipinski definition) is 6. The van der Waals surface area contributed by atoms with Crippen LogP contribution in [0.2, 0.25) is 0 Å². The monoisotopic (exact) mass is 688 g/mol. The molecule has 0 spiro atoms. The fourth-order valence-corrected chi connectivity index (χ4v) is 4.55. The van der Waals surface area contributed by atoms with Crippen molar-refractivity contribution in [2.24, 2.45) is 0 Å². The number of piperidine rings is 1. The fourth-order valence-electron chi connectivity index (χ4n) is 4.55. The summed E-state index contributed by atoms with van der Waals surface area (Å²) in [5.41, 5.74) is 10.0. The third-order valence-electron chi connectivity index (χ3n) is 6.37. The minimum atomic E-state index is 0. The number of hydrogen-bond donors (Lipinski definition) is 3. The summed E-state index contributed by atoms with van der Waals surface area (Å²) < 4.78 is 0. The van der Waals surface area contributed by atoms with Crippen molar-refractivity contribution in [3.63, 3.8) is 0 Å². The van der Waals surface area contributed by atoms with E-state index in [2.05, 4.69) is 46.9 Å². The van der Waals surface area contributed by atoms with E-state index in [9.17, 15) is 5.11 Å². The second-order valence-electron chi connectivity index (χ2n) is 8.60. The Morgan fingerprint density at radius 3 is 2.03 bits per heavy atom. The predicted molar refractivity (Wildman–Crippen MR) is 149 cm³/mol. The Hall–Kier alpha value is -1.63. The number of nitrogens with one attached hydrogen (secondary N) is 1. The van der Waals surface area contributed by atoms with Crippen molar-refractivity contribution >= 4 is 6.79 Å². The molecule has 2 aromatic carbocycles. The van der Waals surface area contributed by atoms with Gasteiger partial charge in [0.1, 0.15) is 5.75 Å². The van der Waals surface area contributed by atoms with E-state index in [1.807, 2.05) is 18.2 Å². The maximum Gasteiger partial charge on any atom is 0.120 e. The summed E-state index contributed by atoms with van der Waals surface area (Å²) in [6, 6.07) is 18.5. The van der Waals surface area contributed by atoms with Crippen molar-refractivity contribution in [1.82, 2.24) is 9.80 Å². The zero-order valence-corrected chi connectivity index (χ0v) is 25.3. The number of aromatic hydroxyl groups is 1. The van der Waals surface area contributed by atoms with Gasteiger partial charge in [0.05, 0.1) is 0 Å². The summed E-state index contributed by atoms with van der Waals surface area (Å²) in [4.78, 5) is 12.7. The molecule has 2 aromatic rings. The Labute approximate surface area is 238 Å². The fraction of sp³-hybridized carbons (Fsp3) is 0.552. The van der Waals surface area contributed by atoms with E-state index in [1.165, 1.54) is 63.7 Å². The van der Waals surface area contributed by atoms with Gasteiger partial charge in [0, 0.05) is 46.8 Å². The molecule has 0 unspecified atom stereocenters.